The fraction of sp³-hybridized carbons (Fsp3) is 0.556. The lowest BCUT2D eigenvalue weighted by atomic mass is 10.2. The molecule has 0 bridgehead atoms. The maximum Gasteiger partial charge on any atom is 0.332 e. The van der Waals surface area contributed by atoms with Crippen molar-refractivity contribution in [2.45, 2.75) is 19.9 Å². The Labute approximate surface area is 103 Å². The summed E-state index contributed by atoms with van der Waals surface area (Å²) in [5, 5.41) is 20.0. The van der Waals surface area contributed by atoms with Gasteiger partial charge in [0.2, 0.25) is 11.1 Å². The molecular weight excluding hydrogens is 248 g/mol. The summed E-state index contributed by atoms with van der Waals surface area (Å²) in [6.07, 6.45) is 0. The maximum absolute atomic E-state index is 11.0. The molecule has 0 fully saturated rings. The fourth-order valence-corrected chi connectivity index (χ4v) is 1.52. The highest BCUT2D eigenvalue weighted by Gasteiger charge is 2.26. The number of anilines is 1. The van der Waals surface area contributed by atoms with Gasteiger partial charge in [-0.25, -0.2) is 4.98 Å². The van der Waals surface area contributed by atoms with Crippen molar-refractivity contribution in [2.75, 3.05) is 18.6 Å². The normalized spacial score (nSPS) is 12.3. The van der Waals surface area contributed by atoms with Gasteiger partial charge in [-0.3, -0.25) is 10.1 Å². The predicted molar refractivity (Wildman–Crippen MR) is 63.4 cm³/mol. The van der Waals surface area contributed by atoms with Crippen LogP contribution >= 0.6 is 11.6 Å². The van der Waals surface area contributed by atoms with Gasteiger partial charge in [0.1, 0.15) is 5.69 Å². The van der Waals surface area contributed by atoms with Gasteiger partial charge >= 0.3 is 5.69 Å². The molecule has 1 aromatic rings. The summed E-state index contributed by atoms with van der Waals surface area (Å²) in [5.74, 6) is 0.106. The van der Waals surface area contributed by atoms with Crippen molar-refractivity contribution in [1.29, 1.82) is 0 Å². The minimum atomic E-state index is -0.554. The predicted octanol–water partition coefficient (Wildman–Crippen LogP) is 1.16. The van der Waals surface area contributed by atoms with E-state index in [1.54, 1.807) is 14.0 Å². The van der Waals surface area contributed by atoms with E-state index in [9.17, 15) is 10.1 Å². The molecule has 7 nitrogen and oxygen atoms in total. The number of aromatic nitrogens is 2. The topological polar surface area (TPSA) is 92.4 Å². The van der Waals surface area contributed by atoms with Crippen LogP contribution in [0.1, 0.15) is 12.6 Å². The van der Waals surface area contributed by atoms with E-state index >= 15 is 0 Å². The number of nitrogens with zero attached hydrogens (tertiary/aromatic N) is 4. The van der Waals surface area contributed by atoms with Crippen LogP contribution in [-0.4, -0.2) is 39.7 Å². The molecule has 94 valence electrons. The summed E-state index contributed by atoms with van der Waals surface area (Å²) in [6.45, 7) is 3.07. The fourth-order valence-electron chi connectivity index (χ4n) is 1.31. The van der Waals surface area contributed by atoms with E-state index in [1.165, 1.54) is 11.8 Å². The molecule has 1 heterocycles. The largest absolute Gasteiger partial charge is 0.394 e. The quantitative estimate of drug-likeness (QED) is 0.496. The molecule has 1 aromatic heterocycles. The molecule has 17 heavy (non-hydrogen) atoms. The highest BCUT2D eigenvalue weighted by atomic mass is 35.5. The van der Waals surface area contributed by atoms with Crippen molar-refractivity contribution >= 4 is 23.1 Å². The van der Waals surface area contributed by atoms with Crippen LogP contribution in [0.15, 0.2) is 0 Å². The Hall–Kier alpha value is -1.47. The summed E-state index contributed by atoms with van der Waals surface area (Å²) in [5.41, 5.74) is -0.000750. The Kier molecular flexibility index (Phi) is 4.19. The van der Waals surface area contributed by atoms with Crippen molar-refractivity contribution < 1.29 is 10.0 Å². The Bertz CT molecular complexity index is 440. The molecule has 0 radical (unpaired) electrons. The first-order valence-corrected chi connectivity index (χ1v) is 5.28. The second-order valence-corrected chi connectivity index (χ2v) is 3.99. The van der Waals surface area contributed by atoms with Crippen LogP contribution < -0.4 is 4.90 Å². The molecule has 8 heteroatoms. The van der Waals surface area contributed by atoms with E-state index in [1.807, 2.05) is 0 Å². The van der Waals surface area contributed by atoms with E-state index in [0.717, 1.165) is 0 Å². The van der Waals surface area contributed by atoms with Crippen molar-refractivity contribution in [3.63, 3.8) is 0 Å². The zero-order chi connectivity index (χ0) is 13.2. The van der Waals surface area contributed by atoms with Gasteiger partial charge in [-0.2, -0.15) is 4.98 Å². The lowest BCUT2D eigenvalue weighted by molar-refractivity contribution is -0.385. The maximum atomic E-state index is 11.0. The summed E-state index contributed by atoms with van der Waals surface area (Å²) < 4.78 is 0. The molecule has 0 amide bonds. The van der Waals surface area contributed by atoms with E-state index in [0.29, 0.717) is 0 Å². The summed E-state index contributed by atoms with van der Waals surface area (Å²) >= 11 is 5.68. The third-order valence-corrected chi connectivity index (χ3v) is 2.62. The van der Waals surface area contributed by atoms with E-state index in [2.05, 4.69) is 9.97 Å². The average molecular weight is 261 g/mol. The Morgan fingerprint density at radius 3 is 2.65 bits per heavy atom. The van der Waals surface area contributed by atoms with E-state index in [4.69, 9.17) is 16.7 Å². The van der Waals surface area contributed by atoms with Gasteiger partial charge in [0.15, 0.2) is 0 Å². The number of aryl methyl sites for hydroxylation is 1. The molecule has 1 N–H and O–H groups in total. The van der Waals surface area contributed by atoms with Crippen LogP contribution in [0, 0.1) is 17.0 Å². The molecule has 0 spiro atoms. The SMILES string of the molecule is Cc1nc(Cl)nc(N(C)C(C)CO)c1[N+](=O)[O-]. The number of likely N-dealkylation sites (N-methyl/N-ethyl adjacent to an activating group) is 1. The first-order chi connectivity index (χ1) is 7.88. The highest BCUT2D eigenvalue weighted by molar-refractivity contribution is 6.28. The van der Waals surface area contributed by atoms with E-state index in [-0.39, 0.29) is 35.1 Å². The number of aliphatic hydroxyl groups is 1. The second kappa shape index (κ2) is 5.24. The zero-order valence-corrected chi connectivity index (χ0v) is 10.5. The van der Waals surface area contributed by atoms with Gasteiger partial charge < -0.3 is 10.0 Å². The lowest BCUT2D eigenvalue weighted by Gasteiger charge is -2.24. The van der Waals surface area contributed by atoms with Gasteiger partial charge in [0, 0.05) is 7.05 Å². The number of rotatable bonds is 4. The van der Waals surface area contributed by atoms with Crippen molar-refractivity contribution in [3.05, 3.63) is 21.1 Å². The van der Waals surface area contributed by atoms with Crippen molar-refractivity contribution in [1.82, 2.24) is 9.97 Å². The Morgan fingerprint density at radius 2 is 2.18 bits per heavy atom. The van der Waals surface area contributed by atoms with Gasteiger partial charge in [0.25, 0.3) is 0 Å². The number of hydrogen-bond donors (Lipinski definition) is 1. The minimum absolute atomic E-state index is 0.0555. The lowest BCUT2D eigenvalue weighted by Crippen LogP contribution is -2.33. The van der Waals surface area contributed by atoms with Crippen LogP contribution in [0.3, 0.4) is 0 Å². The smallest absolute Gasteiger partial charge is 0.332 e. The third-order valence-electron chi connectivity index (χ3n) is 2.45. The summed E-state index contributed by atoms with van der Waals surface area (Å²) in [4.78, 5) is 19.5. The summed E-state index contributed by atoms with van der Waals surface area (Å²) in [7, 11) is 1.60. The first kappa shape index (κ1) is 13.6. The number of aliphatic hydroxyl groups excluding tert-OH is 1. The van der Waals surface area contributed by atoms with Crippen LogP contribution in [-0.2, 0) is 0 Å². The molecule has 0 aliphatic rings. The van der Waals surface area contributed by atoms with Crippen LogP contribution in [0.2, 0.25) is 5.28 Å². The molecule has 0 saturated heterocycles. The first-order valence-electron chi connectivity index (χ1n) is 4.90. The van der Waals surface area contributed by atoms with Gasteiger partial charge in [-0.1, -0.05) is 0 Å². The van der Waals surface area contributed by atoms with Crippen molar-refractivity contribution in [3.8, 4) is 0 Å². The van der Waals surface area contributed by atoms with Gasteiger partial charge in [-0.05, 0) is 25.4 Å². The summed E-state index contributed by atoms with van der Waals surface area (Å²) in [6, 6.07) is -0.306. The average Bonchev–Trinajstić information content (AvgIpc) is 2.25. The zero-order valence-electron chi connectivity index (χ0n) is 9.71. The molecule has 0 aliphatic carbocycles. The minimum Gasteiger partial charge on any atom is -0.394 e. The Balaban J connectivity index is 3.35. The number of halogens is 1. The molecule has 1 rings (SSSR count). The monoisotopic (exact) mass is 260 g/mol. The standard InChI is InChI=1S/C9H13ClN4O3/c1-5(4-15)13(3)8-7(14(16)17)6(2)11-9(10)12-8/h5,15H,4H2,1-3H3. The molecule has 1 atom stereocenters. The van der Waals surface area contributed by atoms with Crippen LogP contribution in [0.4, 0.5) is 11.5 Å². The highest BCUT2D eigenvalue weighted by Crippen LogP contribution is 2.29. The van der Waals surface area contributed by atoms with Crippen molar-refractivity contribution in [2.24, 2.45) is 0 Å². The molecule has 1 unspecified atom stereocenters. The Morgan fingerprint density at radius 1 is 1.59 bits per heavy atom. The molecule has 0 saturated carbocycles. The second-order valence-electron chi connectivity index (χ2n) is 3.65. The van der Waals surface area contributed by atoms with E-state index < -0.39 is 4.92 Å². The number of hydrogen-bond acceptors (Lipinski definition) is 6. The van der Waals surface area contributed by atoms with Gasteiger partial charge in [0.05, 0.1) is 17.6 Å². The number of nitro groups is 1. The van der Waals surface area contributed by atoms with Gasteiger partial charge in [-0.15, -0.1) is 0 Å². The van der Waals surface area contributed by atoms with Crippen LogP contribution in [0.25, 0.3) is 0 Å². The molecule has 0 aliphatic heterocycles. The van der Waals surface area contributed by atoms with Crippen LogP contribution in [0.5, 0.6) is 0 Å². The molecular formula is C9H13ClN4O3. The molecule has 0 aromatic carbocycles. The third kappa shape index (κ3) is 2.80.